The molecule has 0 fully saturated rings. The Labute approximate surface area is 85.3 Å². The van der Waals surface area contributed by atoms with E-state index in [1.807, 2.05) is 13.0 Å². The highest BCUT2D eigenvalue weighted by molar-refractivity contribution is 5.23. The van der Waals surface area contributed by atoms with E-state index in [4.69, 9.17) is 0 Å². The molecule has 0 saturated carbocycles. The Bertz CT molecular complexity index is 274. The highest BCUT2D eigenvalue weighted by Gasteiger charge is 1.98. The average molecular weight is 195 g/mol. The van der Waals surface area contributed by atoms with Crippen molar-refractivity contribution in [3.05, 3.63) is 35.1 Å². The lowest BCUT2D eigenvalue weighted by molar-refractivity contribution is 0.550. The second kappa shape index (κ2) is 5.11. The molecular weight excluding hydrogens is 177 g/mol. The number of hydrogen-bond donors (Lipinski definition) is 1. The monoisotopic (exact) mass is 195 g/mol. The van der Waals surface area contributed by atoms with Gasteiger partial charge in [-0.15, -0.1) is 0 Å². The fourth-order valence-corrected chi connectivity index (χ4v) is 1.42. The minimum absolute atomic E-state index is 0.147. The van der Waals surface area contributed by atoms with Crippen LogP contribution in [0, 0.1) is 18.7 Å². The maximum atomic E-state index is 13.0. The number of hydrogen-bond acceptors (Lipinski definition) is 1. The molecule has 0 atom stereocenters. The first-order chi connectivity index (χ1) is 6.58. The molecule has 1 rings (SSSR count). The van der Waals surface area contributed by atoms with Crippen molar-refractivity contribution >= 4 is 0 Å². The van der Waals surface area contributed by atoms with E-state index < -0.39 is 0 Å². The van der Waals surface area contributed by atoms with Crippen molar-refractivity contribution < 1.29 is 4.39 Å². The van der Waals surface area contributed by atoms with Gasteiger partial charge in [0.25, 0.3) is 0 Å². The van der Waals surface area contributed by atoms with Crippen LogP contribution in [0.15, 0.2) is 18.2 Å². The molecule has 0 aliphatic carbocycles. The first-order valence-electron chi connectivity index (χ1n) is 5.04. The van der Waals surface area contributed by atoms with Gasteiger partial charge >= 0.3 is 0 Å². The fraction of sp³-hybridized carbons (Fsp3) is 0.500. The van der Waals surface area contributed by atoms with Crippen LogP contribution < -0.4 is 5.32 Å². The van der Waals surface area contributed by atoms with Crippen molar-refractivity contribution in [2.75, 3.05) is 6.54 Å². The predicted molar refractivity (Wildman–Crippen MR) is 57.7 cm³/mol. The van der Waals surface area contributed by atoms with E-state index in [1.165, 1.54) is 0 Å². The molecule has 0 radical (unpaired) electrons. The van der Waals surface area contributed by atoms with Crippen LogP contribution in [0.5, 0.6) is 0 Å². The molecule has 0 heterocycles. The molecule has 0 aliphatic rings. The van der Waals surface area contributed by atoms with Gasteiger partial charge in [0.05, 0.1) is 0 Å². The standard InChI is InChI=1S/C12H18FN/c1-9(2)7-14-8-11-4-10(3)5-12(13)6-11/h4-6,9,14H,7-8H2,1-3H3. The van der Waals surface area contributed by atoms with E-state index in [-0.39, 0.29) is 5.82 Å². The quantitative estimate of drug-likeness (QED) is 0.779. The van der Waals surface area contributed by atoms with Crippen LogP contribution in [0.1, 0.15) is 25.0 Å². The van der Waals surface area contributed by atoms with Gasteiger partial charge in [0.15, 0.2) is 0 Å². The third-order valence-electron chi connectivity index (χ3n) is 1.98. The van der Waals surface area contributed by atoms with Gasteiger partial charge in [0.1, 0.15) is 5.82 Å². The first kappa shape index (κ1) is 11.2. The normalized spacial score (nSPS) is 10.9. The summed E-state index contributed by atoms with van der Waals surface area (Å²) in [6.07, 6.45) is 0. The second-order valence-electron chi connectivity index (χ2n) is 4.16. The molecule has 0 unspecified atom stereocenters. The largest absolute Gasteiger partial charge is 0.312 e. The number of rotatable bonds is 4. The van der Waals surface area contributed by atoms with Crippen molar-refractivity contribution in [2.24, 2.45) is 5.92 Å². The van der Waals surface area contributed by atoms with E-state index in [2.05, 4.69) is 19.2 Å². The lowest BCUT2D eigenvalue weighted by Gasteiger charge is -2.08. The van der Waals surface area contributed by atoms with E-state index in [0.717, 1.165) is 24.2 Å². The van der Waals surface area contributed by atoms with Crippen LogP contribution in [-0.2, 0) is 6.54 Å². The number of aryl methyl sites for hydroxylation is 1. The molecule has 0 aliphatic heterocycles. The van der Waals surface area contributed by atoms with Gasteiger partial charge in [0, 0.05) is 6.54 Å². The van der Waals surface area contributed by atoms with E-state index in [1.54, 1.807) is 12.1 Å². The molecular formula is C12H18FN. The Hall–Kier alpha value is -0.890. The molecule has 0 spiro atoms. The molecule has 1 aromatic carbocycles. The van der Waals surface area contributed by atoms with Crippen LogP contribution in [0.25, 0.3) is 0 Å². The van der Waals surface area contributed by atoms with Gasteiger partial charge in [0.2, 0.25) is 0 Å². The van der Waals surface area contributed by atoms with Crippen LogP contribution in [0.2, 0.25) is 0 Å². The minimum atomic E-state index is -0.147. The Morgan fingerprint density at radius 2 is 2.00 bits per heavy atom. The molecule has 14 heavy (non-hydrogen) atoms. The maximum Gasteiger partial charge on any atom is 0.123 e. The number of halogens is 1. The van der Waals surface area contributed by atoms with Crippen molar-refractivity contribution in [3.63, 3.8) is 0 Å². The smallest absolute Gasteiger partial charge is 0.123 e. The third kappa shape index (κ3) is 3.88. The zero-order valence-electron chi connectivity index (χ0n) is 9.10. The average Bonchev–Trinajstić information content (AvgIpc) is 2.01. The summed E-state index contributed by atoms with van der Waals surface area (Å²) in [5.74, 6) is 0.482. The van der Waals surface area contributed by atoms with Gasteiger partial charge in [-0.3, -0.25) is 0 Å². The van der Waals surface area contributed by atoms with E-state index in [0.29, 0.717) is 5.92 Å². The number of benzene rings is 1. The maximum absolute atomic E-state index is 13.0. The van der Waals surface area contributed by atoms with Crippen LogP contribution in [0.3, 0.4) is 0 Å². The van der Waals surface area contributed by atoms with Crippen LogP contribution >= 0.6 is 0 Å². The Balaban J connectivity index is 2.50. The Morgan fingerprint density at radius 1 is 1.29 bits per heavy atom. The molecule has 0 bridgehead atoms. The SMILES string of the molecule is Cc1cc(F)cc(CNCC(C)C)c1. The zero-order chi connectivity index (χ0) is 10.6. The summed E-state index contributed by atoms with van der Waals surface area (Å²) in [6.45, 7) is 7.94. The Kier molecular flexibility index (Phi) is 4.08. The van der Waals surface area contributed by atoms with Crippen molar-refractivity contribution in [1.82, 2.24) is 5.32 Å². The predicted octanol–water partition coefficient (Wildman–Crippen LogP) is 2.88. The summed E-state index contributed by atoms with van der Waals surface area (Å²) in [6, 6.07) is 5.14. The topological polar surface area (TPSA) is 12.0 Å². The van der Waals surface area contributed by atoms with Crippen molar-refractivity contribution in [2.45, 2.75) is 27.3 Å². The van der Waals surface area contributed by atoms with Crippen LogP contribution in [-0.4, -0.2) is 6.54 Å². The molecule has 0 saturated heterocycles. The van der Waals surface area contributed by atoms with E-state index >= 15 is 0 Å². The summed E-state index contributed by atoms with van der Waals surface area (Å²) in [5.41, 5.74) is 1.99. The molecule has 1 N–H and O–H groups in total. The van der Waals surface area contributed by atoms with Gasteiger partial charge in [-0.2, -0.15) is 0 Å². The highest BCUT2D eigenvalue weighted by Crippen LogP contribution is 2.08. The molecule has 0 amide bonds. The van der Waals surface area contributed by atoms with Gasteiger partial charge in [-0.25, -0.2) is 4.39 Å². The summed E-state index contributed by atoms with van der Waals surface area (Å²) >= 11 is 0. The molecule has 78 valence electrons. The first-order valence-corrected chi connectivity index (χ1v) is 5.04. The van der Waals surface area contributed by atoms with Crippen molar-refractivity contribution in [3.8, 4) is 0 Å². The summed E-state index contributed by atoms with van der Waals surface area (Å²) in [5, 5.41) is 3.29. The van der Waals surface area contributed by atoms with E-state index in [9.17, 15) is 4.39 Å². The molecule has 1 nitrogen and oxygen atoms in total. The summed E-state index contributed by atoms with van der Waals surface area (Å²) in [7, 11) is 0. The summed E-state index contributed by atoms with van der Waals surface area (Å²) < 4.78 is 13.0. The van der Waals surface area contributed by atoms with Gasteiger partial charge in [-0.05, 0) is 42.6 Å². The minimum Gasteiger partial charge on any atom is -0.312 e. The van der Waals surface area contributed by atoms with Gasteiger partial charge in [-0.1, -0.05) is 19.9 Å². The Morgan fingerprint density at radius 3 is 2.57 bits per heavy atom. The molecule has 2 heteroatoms. The third-order valence-corrected chi connectivity index (χ3v) is 1.98. The van der Waals surface area contributed by atoms with Crippen LogP contribution in [0.4, 0.5) is 4.39 Å². The lowest BCUT2D eigenvalue weighted by Crippen LogP contribution is -2.19. The van der Waals surface area contributed by atoms with Crippen molar-refractivity contribution in [1.29, 1.82) is 0 Å². The molecule has 1 aromatic rings. The number of nitrogens with one attached hydrogen (secondary N) is 1. The zero-order valence-corrected chi connectivity index (χ0v) is 9.10. The molecule has 0 aromatic heterocycles. The highest BCUT2D eigenvalue weighted by atomic mass is 19.1. The second-order valence-corrected chi connectivity index (χ2v) is 4.16. The summed E-state index contributed by atoms with van der Waals surface area (Å²) in [4.78, 5) is 0. The fourth-order valence-electron chi connectivity index (χ4n) is 1.42. The lowest BCUT2D eigenvalue weighted by atomic mass is 10.1. The van der Waals surface area contributed by atoms with Gasteiger partial charge < -0.3 is 5.32 Å².